The first kappa shape index (κ1) is 17.7. The molecule has 1 amide bonds. The van der Waals surface area contributed by atoms with Crippen molar-refractivity contribution >= 4 is 29.3 Å². The van der Waals surface area contributed by atoms with Crippen LogP contribution < -0.4 is 9.47 Å². The third-order valence-electron chi connectivity index (χ3n) is 4.60. The Balaban J connectivity index is 1.57. The lowest BCUT2D eigenvalue weighted by Gasteiger charge is -2.32. The lowest BCUT2D eigenvalue weighted by molar-refractivity contribution is -0.131. The quantitative estimate of drug-likeness (QED) is 0.804. The van der Waals surface area contributed by atoms with Gasteiger partial charge in [-0.1, -0.05) is 18.5 Å². The van der Waals surface area contributed by atoms with E-state index >= 15 is 0 Å². The molecule has 0 spiro atoms. The molecule has 1 saturated heterocycles. The van der Waals surface area contributed by atoms with Gasteiger partial charge in [-0.2, -0.15) is 0 Å². The molecule has 0 N–H and O–H groups in total. The molecule has 0 aliphatic carbocycles. The zero-order valence-corrected chi connectivity index (χ0v) is 15.8. The van der Waals surface area contributed by atoms with E-state index in [4.69, 9.17) is 21.1 Å². The topological polar surface area (TPSA) is 38.8 Å². The highest BCUT2D eigenvalue weighted by molar-refractivity contribution is 7.99. The number of hydrogen-bond acceptors (Lipinski definition) is 4. The summed E-state index contributed by atoms with van der Waals surface area (Å²) >= 11 is 7.92. The molecule has 24 heavy (non-hydrogen) atoms. The van der Waals surface area contributed by atoms with E-state index in [0.717, 1.165) is 43.2 Å². The molecule has 1 unspecified atom stereocenters. The summed E-state index contributed by atoms with van der Waals surface area (Å²) in [6.07, 6.45) is 2.22. The van der Waals surface area contributed by atoms with Gasteiger partial charge in [-0.25, -0.2) is 0 Å². The van der Waals surface area contributed by atoms with Crippen molar-refractivity contribution in [3.63, 3.8) is 0 Å². The van der Waals surface area contributed by atoms with E-state index in [-0.39, 0.29) is 11.2 Å². The molecule has 0 radical (unpaired) electrons. The number of benzene rings is 1. The molecular formula is C18H24ClNO3S. The number of halogens is 1. The summed E-state index contributed by atoms with van der Waals surface area (Å²) in [7, 11) is 0. The van der Waals surface area contributed by atoms with E-state index in [0.29, 0.717) is 29.7 Å². The molecule has 6 heteroatoms. The van der Waals surface area contributed by atoms with Crippen LogP contribution in [-0.2, 0) is 10.5 Å². The number of hydrogen-bond donors (Lipinski definition) is 0. The van der Waals surface area contributed by atoms with Crippen LogP contribution in [0.1, 0.15) is 32.3 Å². The van der Waals surface area contributed by atoms with Gasteiger partial charge in [-0.3, -0.25) is 4.79 Å². The Kier molecular flexibility index (Phi) is 5.82. The molecule has 1 aromatic carbocycles. The number of thioether (sulfide) groups is 1. The van der Waals surface area contributed by atoms with Crippen LogP contribution in [0.5, 0.6) is 11.5 Å². The van der Waals surface area contributed by atoms with Gasteiger partial charge in [0.05, 0.1) is 10.3 Å². The summed E-state index contributed by atoms with van der Waals surface area (Å²) in [5.41, 5.74) is 1.06. The van der Waals surface area contributed by atoms with Crippen molar-refractivity contribution in [3.8, 4) is 11.5 Å². The molecule has 0 aromatic heterocycles. The number of carbonyl (C=O) groups is 1. The summed E-state index contributed by atoms with van der Waals surface area (Å²) in [6, 6.07) is 3.87. The number of nitrogens with zero attached hydrogens (tertiary/aromatic N) is 1. The van der Waals surface area contributed by atoms with Crippen molar-refractivity contribution in [3.05, 3.63) is 22.7 Å². The second-order valence-electron chi connectivity index (χ2n) is 6.56. The summed E-state index contributed by atoms with van der Waals surface area (Å²) < 4.78 is 11.1. The standard InChI is InChI=1S/C18H24ClNO3S/c1-12-3-5-20(6-4-12)18(21)13(2)24-11-14-9-15(19)17-16(10-14)22-7-8-23-17/h9-10,12-13H,3-8,11H2,1-2H3. The maximum absolute atomic E-state index is 12.6. The van der Waals surface area contributed by atoms with Crippen LogP contribution in [-0.4, -0.2) is 42.4 Å². The van der Waals surface area contributed by atoms with Gasteiger partial charge in [-0.15, -0.1) is 11.8 Å². The zero-order valence-electron chi connectivity index (χ0n) is 14.2. The van der Waals surface area contributed by atoms with Crippen molar-refractivity contribution in [2.45, 2.75) is 37.7 Å². The average molecular weight is 370 g/mol. The number of likely N-dealkylation sites (tertiary alicyclic amines) is 1. The van der Waals surface area contributed by atoms with Gasteiger partial charge in [0.25, 0.3) is 0 Å². The van der Waals surface area contributed by atoms with Crippen molar-refractivity contribution < 1.29 is 14.3 Å². The van der Waals surface area contributed by atoms with Gasteiger partial charge >= 0.3 is 0 Å². The van der Waals surface area contributed by atoms with Gasteiger partial charge in [-0.05, 0) is 43.4 Å². The minimum Gasteiger partial charge on any atom is -0.486 e. The van der Waals surface area contributed by atoms with Crippen molar-refractivity contribution in [1.29, 1.82) is 0 Å². The number of carbonyl (C=O) groups excluding carboxylic acids is 1. The molecule has 2 heterocycles. The van der Waals surface area contributed by atoms with E-state index in [1.54, 1.807) is 11.8 Å². The van der Waals surface area contributed by atoms with Gasteiger partial charge in [0.1, 0.15) is 13.2 Å². The van der Waals surface area contributed by atoms with Gasteiger partial charge in [0.15, 0.2) is 11.5 Å². The molecule has 4 nitrogen and oxygen atoms in total. The normalized spacial score (nSPS) is 19.2. The number of ether oxygens (including phenoxy) is 2. The predicted octanol–water partition coefficient (Wildman–Crippen LogP) is 3.99. The third-order valence-corrected chi connectivity index (χ3v) is 6.08. The summed E-state index contributed by atoms with van der Waals surface area (Å²) in [5, 5.41) is 0.525. The van der Waals surface area contributed by atoms with Crippen LogP contribution in [0, 0.1) is 5.92 Å². The van der Waals surface area contributed by atoms with Crippen LogP contribution in [0.4, 0.5) is 0 Å². The largest absolute Gasteiger partial charge is 0.486 e. The first-order chi connectivity index (χ1) is 11.5. The molecule has 132 valence electrons. The molecular weight excluding hydrogens is 346 g/mol. The van der Waals surface area contributed by atoms with Gasteiger partial charge in [0, 0.05) is 18.8 Å². The second-order valence-corrected chi connectivity index (χ2v) is 8.30. The summed E-state index contributed by atoms with van der Waals surface area (Å²) in [5.74, 6) is 3.04. The van der Waals surface area contributed by atoms with Crippen LogP contribution in [0.25, 0.3) is 0 Å². The Hall–Kier alpha value is -1.07. The van der Waals surface area contributed by atoms with Gasteiger partial charge in [0.2, 0.25) is 5.91 Å². The Morgan fingerprint density at radius 3 is 2.79 bits per heavy atom. The van der Waals surface area contributed by atoms with Crippen LogP contribution in [0.3, 0.4) is 0 Å². The Labute approximate surface area is 152 Å². The average Bonchev–Trinajstić information content (AvgIpc) is 2.60. The van der Waals surface area contributed by atoms with E-state index in [9.17, 15) is 4.79 Å². The molecule has 1 fully saturated rings. The smallest absolute Gasteiger partial charge is 0.235 e. The first-order valence-corrected chi connectivity index (χ1v) is 9.95. The molecule has 0 saturated carbocycles. The van der Waals surface area contributed by atoms with Crippen molar-refractivity contribution in [2.24, 2.45) is 5.92 Å². The van der Waals surface area contributed by atoms with E-state index in [2.05, 4.69) is 6.92 Å². The van der Waals surface area contributed by atoms with Crippen molar-refractivity contribution in [1.82, 2.24) is 4.90 Å². The number of rotatable bonds is 4. The van der Waals surface area contributed by atoms with Crippen LogP contribution in [0.2, 0.25) is 5.02 Å². The van der Waals surface area contributed by atoms with E-state index in [1.165, 1.54) is 0 Å². The number of fused-ring (bicyclic) bond motifs is 1. The Morgan fingerprint density at radius 1 is 1.33 bits per heavy atom. The minimum atomic E-state index is -0.0506. The highest BCUT2D eigenvalue weighted by atomic mass is 35.5. The SMILES string of the molecule is CC1CCN(C(=O)C(C)SCc2cc(Cl)c3c(c2)OCCO3)CC1. The monoisotopic (exact) mass is 369 g/mol. The lowest BCUT2D eigenvalue weighted by atomic mass is 9.99. The molecule has 1 aromatic rings. The number of amides is 1. The fourth-order valence-electron chi connectivity index (χ4n) is 3.03. The maximum atomic E-state index is 12.6. The minimum absolute atomic E-state index is 0.0506. The third kappa shape index (κ3) is 4.12. The van der Waals surface area contributed by atoms with E-state index in [1.807, 2.05) is 24.0 Å². The summed E-state index contributed by atoms with van der Waals surface area (Å²) in [4.78, 5) is 14.6. The Morgan fingerprint density at radius 2 is 2.04 bits per heavy atom. The van der Waals surface area contributed by atoms with Gasteiger partial charge < -0.3 is 14.4 Å². The Bertz CT molecular complexity index is 602. The highest BCUT2D eigenvalue weighted by Crippen LogP contribution is 2.39. The molecule has 2 aliphatic rings. The number of piperidine rings is 1. The molecule has 3 rings (SSSR count). The first-order valence-electron chi connectivity index (χ1n) is 8.53. The van der Waals surface area contributed by atoms with Crippen molar-refractivity contribution in [2.75, 3.05) is 26.3 Å². The molecule has 0 bridgehead atoms. The molecule has 1 atom stereocenters. The fourth-order valence-corrected chi connectivity index (χ4v) is 4.21. The fraction of sp³-hybridized carbons (Fsp3) is 0.611. The molecule has 2 aliphatic heterocycles. The zero-order chi connectivity index (χ0) is 17.1. The highest BCUT2D eigenvalue weighted by Gasteiger charge is 2.25. The van der Waals surface area contributed by atoms with E-state index < -0.39 is 0 Å². The second kappa shape index (κ2) is 7.87. The summed E-state index contributed by atoms with van der Waals surface area (Å²) in [6.45, 7) is 7.10. The van der Waals surface area contributed by atoms with Crippen LogP contribution in [0.15, 0.2) is 12.1 Å². The maximum Gasteiger partial charge on any atom is 0.235 e. The predicted molar refractivity (Wildman–Crippen MR) is 98.2 cm³/mol. The lowest BCUT2D eigenvalue weighted by Crippen LogP contribution is -2.41. The van der Waals surface area contributed by atoms with Crippen LogP contribution >= 0.6 is 23.4 Å².